The zero-order chi connectivity index (χ0) is 15.9. The van der Waals surface area contributed by atoms with Crippen LogP contribution in [0.2, 0.25) is 0 Å². The zero-order valence-electron chi connectivity index (χ0n) is 13.4. The molecule has 0 saturated carbocycles. The van der Waals surface area contributed by atoms with E-state index >= 15 is 0 Å². The molecule has 1 atom stereocenters. The van der Waals surface area contributed by atoms with Crippen LogP contribution in [-0.2, 0) is 6.61 Å². The van der Waals surface area contributed by atoms with Crippen LogP contribution in [0.4, 0.5) is 0 Å². The Morgan fingerprint density at radius 1 is 1.14 bits per heavy atom. The van der Waals surface area contributed by atoms with E-state index in [1.807, 2.05) is 68.5 Å². The maximum atomic E-state index is 5.93. The first kappa shape index (κ1) is 16.1. The Morgan fingerprint density at radius 2 is 1.86 bits per heavy atom. The van der Waals surface area contributed by atoms with Crippen molar-refractivity contribution >= 4 is 6.08 Å². The van der Waals surface area contributed by atoms with Gasteiger partial charge in [0.2, 0.25) is 0 Å². The summed E-state index contributed by atoms with van der Waals surface area (Å²) in [6.07, 6.45) is 3.99. The Labute approximate surface area is 132 Å². The van der Waals surface area contributed by atoms with Crippen molar-refractivity contribution in [1.82, 2.24) is 0 Å². The lowest BCUT2D eigenvalue weighted by molar-refractivity contribution is 0.284. The Balaban J connectivity index is 2.22. The number of methoxy groups -OCH3 is 1. The molecular weight excluding hydrogens is 274 g/mol. The zero-order valence-corrected chi connectivity index (χ0v) is 13.4. The predicted molar refractivity (Wildman–Crippen MR) is 91.2 cm³/mol. The molecule has 0 heterocycles. The molecule has 22 heavy (non-hydrogen) atoms. The molecule has 1 unspecified atom stereocenters. The Bertz CT molecular complexity index is 633. The molecule has 2 rings (SSSR count). The van der Waals surface area contributed by atoms with E-state index in [1.54, 1.807) is 7.11 Å². The summed E-state index contributed by atoms with van der Waals surface area (Å²) in [5, 5.41) is 0. The summed E-state index contributed by atoms with van der Waals surface area (Å²) in [5.74, 6) is 1.48. The SMILES string of the molecule is COc1cc(C)c(/C=C/C(C)N)cc1OCc1ccccc1. The Kier molecular flexibility index (Phi) is 5.61. The average molecular weight is 297 g/mol. The van der Waals surface area contributed by atoms with E-state index in [9.17, 15) is 0 Å². The van der Waals surface area contributed by atoms with Crippen LogP contribution in [0.5, 0.6) is 11.5 Å². The first-order valence-electron chi connectivity index (χ1n) is 7.39. The van der Waals surface area contributed by atoms with Gasteiger partial charge in [-0.1, -0.05) is 42.5 Å². The van der Waals surface area contributed by atoms with Gasteiger partial charge in [0.1, 0.15) is 6.61 Å². The number of benzene rings is 2. The van der Waals surface area contributed by atoms with Crippen molar-refractivity contribution in [3.63, 3.8) is 0 Å². The molecule has 2 aromatic carbocycles. The number of rotatable bonds is 6. The largest absolute Gasteiger partial charge is 0.493 e. The van der Waals surface area contributed by atoms with Crippen molar-refractivity contribution < 1.29 is 9.47 Å². The van der Waals surface area contributed by atoms with Crippen LogP contribution in [0.25, 0.3) is 6.08 Å². The third-order valence-electron chi connectivity index (χ3n) is 3.37. The average Bonchev–Trinajstić information content (AvgIpc) is 2.53. The monoisotopic (exact) mass is 297 g/mol. The molecule has 0 amide bonds. The number of nitrogens with two attached hydrogens (primary N) is 1. The van der Waals surface area contributed by atoms with Gasteiger partial charge in [-0.15, -0.1) is 0 Å². The fourth-order valence-corrected chi connectivity index (χ4v) is 2.12. The van der Waals surface area contributed by atoms with Crippen molar-refractivity contribution in [2.45, 2.75) is 26.5 Å². The van der Waals surface area contributed by atoms with Crippen LogP contribution in [0.1, 0.15) is 23.6 Å². The highest BCUT2D eigenvalue weighted by atomic mass is 16.5. The summed E-state index contributed by atoms with van der Waals surface area (Å²) < 4.78 is 11.3. The molecule has 0 aromatic heterocycles. The van der Waals surface area contributed by atoms with Gasteiger partial charge in [0.15, 0.2) is 11.5 Å². The smallest absolute Gasteiger partial charge is 0.162 e. The molecule has 0 bridgehead atoms. The van der Waals surface area contributed by atoms with E-state index in [0.717, 1.165) is 28.2 Å². The predicted octanol–water partition coefficient (Wildman–Crippen LogP) is 3.94. The lowest BCUT2D eigenvalue weighted by atomic mass is 10.1. The molecule has 3 heteroatoms. The second-order valence-electron chi connectivity index (χ2n) is 5.35. The van der Waals surface area contributed by atoms with Crippen LogP contribution >= 0.6 is 0 Å². The minimum atomic E-state index is 0.0233. The van der Waals surface area contributed by atoms with Crippen LogP contribution in [0.15, 0.2) is 48.5 Å². The number of aryl methyl sites for hydroxylation is 1. The van der Waals surface area contributed by atoms with E-state index in [-0.39, 0.29) is 6.04 Å². The van der Waals surface area contributed by atoms with Crippen molar-refractivity contribution in [1.29, 1.82) is 0 Å². The summed E-state index contributed by atoms with van der Waals surface area (Å²) in [5.41, 5.74) is 9.11. The van der Waals surface area contributed by atoms with E-state index in [0.29, 0.717) is 6.61 Å². The number of hydrogen-bond donors (Lipinski definition) is 1. The third-order valence-corrected chi connectivity index (χ3v) is 3.37. The minimum Gasteiger partial charge on any atom is -0.493 e. The van der Waals surface area contributed by atoms with Gasteiger partial charge in [-0.25, -0.2) is 0 Å². The fraction of sp³-hybridized carbons (Fsp3) is 0.263. The van der Waals surface area contributed by atoms with Crippen molar-refractivity contribution in [2.24, 2.45) is 5.73 Å². The highest BCUT2D eigenvalue weighted by Gasteiger charge is 2.08. The molecule has 0 aliphatic carbocycles. The van der Waals surface area contributed by atoms with E-state index in [2.05, 4.69) is 0 Å². The highest BCUT2D eigenvalue weighted by molar-refractivity contribution is 5.60. The van der Waals surface area contributed by atoms with Gasteiger partial charge in [-0.2, -0.15) is 0 Å². The van der Waals surface area contributed by atoms with E-state index < -0.39 is 0 Å². The lowest BCUT2D eigenvalue weighted by Crippen LogP contribution is -2.10. The van der Waals surface area contributed by atoms with Crippen molar-refractivity contribution in [3.8, 4) is 11.5 Å². The van der Waals surface area contributed by atoms with Gasteiger partial charge < -0.3 is 15.2 Å². The maximum absolute atomic E-state index is 5.93. The quantitative estimate of drug-likeness (QED) is 0.878. The maximum Gasteiger partial charge on any atom is 0.162 e. The lowest BCUT2D eigenvalue weighted by Gasteiger charge is -2.13. The summed E-state index contributed by atoms with van der Waals surface area (Å²) in [6, 6.07) is 14.1. The second kappa shape index (κ2) is 7.66. The molecule has 0 spiro atoms. The van der Waals surface area contributed by atoms with Crippen molar-refractivity contribution in [2.75, 3.05) is 7.11 Å². The second-order valence-corrected chi connectivity index (χ2v) is 5.35. The number of ether oxygens (including phenoxy) is 2. The third kappa shape index (κ3) is 4.37. The molecule has 0 fully saturated rings. The van der Waals surface area contributed by atoms with E-state index in [4.69, 9.17) is 15.2 Å². The summed E-state index contributed by atoms with van der Waals surface area (Å²) in [6.45, 7) is 4.50. The molecule has 2 N–H and O–H groups in total. The summed E-state index contributed by atoms with van der Waals surface area (Å²) >= 11 is 0. The first-order chi connectivity index (χ1) is 10.6. The minimum absolute atomic E-state index is 0.0233. The molecule has 116 valence electrons. The normalized spacial score (nSPS) is 12.4. The van der Waals surface area contributed by atoms with Gasteiger partial charge in [0.05, 0.1) is 7.11 Å². The van der Waals surface area contributed by atoms with Crippen molar-refractivity contribution in [3.05, 3.63) is 65.2 Å². The standard InChI is InChI=1S/C19H23NO2/c1-14-11-18(21-3)19(12-17(14)10-9-15(2)20)22-13-16-7-5-4-6-8-16/h4-12,15H,13,20H2,1-3H3/b10-9+. The number of hydrogen-bond acceptors (Lipinski definition) is 3. The van der Waals surface area contributed by atoms with Gasteiger partial charge in [-0.3, -0.25) is 0 Å². The topological polar surface area (TPSA) is 44.5 Å². The fourth-order valence-electron chi connectivity index (χ4n) is 2.12. The molecule has 0 radical (unpaired) electrons. The molecular formula is C19H23NO2. The Morgan fingerprint density at radius 3 is 2.50 bits per heavy atom. The summed E-state index contributed by atoms with van der Waals surface area (Å²) in [7, 11) is 1.65. The molecule has 0 aliphatic rings. The van der Waals surface area contributed by atoms with E-state index in [1.165, 1.54) is 0 Å². The van der Waals surface area contributed by atoms with Gasteiger partial charge in [-0.05, 0) is 42.7 Å². The molecule has 0 aliphatic heterocycles. The van der Waals surface area contributed by atoms with Gasteiger partial charge >= 0.3 is 0 Å². The summed E-state index contributed by atoms with van der Waals surface area (Å²) in [4.78, 5) is 0. The van der Waals surface area contributed by atoms with Gasteiger partial charge in [0, 0.05) is 6.04 Å². The molecule has 3 nitrogen and oxygen atoms in total. The van der Waals surface area contributed by atoms with Crippen LogP contribution in [0.3, 0.4) is 0 Å². The van der Waals surface area contributed by atoms with Crippen LogP contribution < -0.4 is 15.2 Å². The first-order valence-corrected chi connectivity index (χ1v) is 7.39. The highest BCUT2D eigenvalue weighted by Crippen LogP contribution is 2.31. The van der Waals surface area contributed by atoms with Crippen LogP contribution in [-0.4, -0.2) is 13.2 Å². The van der Waals surface area contributed by atoms with Gasteiger partial charge in [0.25, 0.3) is 0 Å². The molecule has 2 aromatic rings. The van der Waals surface area contributed by atoms with Crippen LogP contribution in [0, 0.1) is 6.92 Å². The molecule has 0 saturated heterocycles. The Hall–Kier alpha value is -2.26.